The predicted octanol–water partition coefficient (Wildman–Crippen LogP) is 4.12. The lowest BCUT2D eigenvalue weighted by molar-refractivity contribution is -0.147. The van der Waals surface area contributed by atoms with Crippen molar-refractivity contribution >= 4 is 21.6 Å². The van der Waals surface area contributed by atoms with Crippen molar-refractivity contribution in [3.63, 3.8) is 0 Å². The van der Waals surface area contributed by atoms with Crippen LogP contribution in [0.5, 0.6) is 11.5 Å². The van der Waals surface area contributed by atoms with Crippen LogP contribution in [0.1, 0.15) is 36.4 Å². The van der Waals surface area contributed by atoms with Gasteiger partial charge in [-0.05, 0) is 55.1 Å². The fraction of sp³-hybridized carbons (Fsp3) is 0.381. The fourth-order valence-electron chi connectivity index (χ4n) is 4.38. The fourth-order valence-corrected chi connectivity index (χ4v) is 4.76. The van der Waals surface area contributed by atoms with Crippen molar-refractivity contribution in [1.82, 2.24) is 9.91 Å². The van der Waals surface area contributed by atoms with Crippen molar-refractivity contribution in [3.05, 3.63) is 58.1 Å². The first-order valence-electron chi connectivity index (χ1n) is 9.37. The third-order valence-electron chi connectivity index (χ3n) is 5.93. The Bertz CT molecular complexity index is 904. The highest BCUT2D eigenvalue weighted by Gasteiger charge is 2.51. The normalized spacial score (nSPS) is 23.6. The molecule has 2 aromatic carbocycles. The molecule has 27 heavy (non-hydrogen) atoms. The van der Waals surface area contributed by atoms with Crippen LogP contribution in [-0.2, 0) is 0 Å². The first-order chi connectivity index (χ1) is 13.0. The van der Waals surface area contributed by atoms with E-state index in [1.54, 1.807) is 12.1 Å². The molecule has 0 amide bonds. The number of hydrazone groups is 1. The van der Waals surface area contributed by atoms with E-state index in [9.17, 15) is 5.11 Å². The van der Waals surface area contributed by atoms with E-state index in [4.69, 9.17) is 9.84 Å². The van der Waals surface area contributed by atoms with Crippen molar-refractivity contribution in [3.8, 4) is 11.5 Å². The number of hydrogen-bond acceptors (Lipinski definition) is 5. The van der Waals surface area contributed by atoms with Gasteiger partial charge in [0.1, 0.15) is 11.5 Å². The molecule has 140 valence electrons. The number of fused-ring (bicyclic) bond motifs is 4. The van der Waals surface area contributed by atoms with Gasteiger partial charge >= 0.3 is 0 Å². The summed E-state index contributed by atoms with van der Waals surface area (Å²) < 4.78 is 7.67. The molecule has 0 radical (unpaired) electrons. The molecular formula is C21H22BrN3O2. The molecule has 5 rings (SSSR count). The van der Waals surface area contributed by atoms with Crippen molar-refractivity contribution in [1.29, 1.82) is 0 Å². The SMILES string of the molecule is CN1CCC2(CC1)Oc1ccc(Br)cc1[C@H]1CC(c3ccc(O)cc3)=NN12. The van der Waals surface area contributed by atoms with Crippen molar-refractivity contribution in [2.45, 2.75) is 31.0 Å². The molecule has 0 bridgehead atoms. The summed E-state index contributed by atoms with van der Waals surface area (Å²) in [6.45, 7) is 2.00. The zero-order valence-corrected chi connectivity index (χ0v) is 16.8. The quantitative estimate of drug-likeness (QED) is 0.743. The Balaban J connectivity index is 1.58. The van der Waals surface area contributed by atoms with Gasteiger partial charge in [0.25, 0.3) is 0 Å². The molecule has 0 saturated carbocycles. The van der Waals surface area contributed by atoms with Crippen LogP contribution in [0.4, 0.5) is 0 Å². The number of benzene rings is 2. The van der Waals surface area contributed by atoms with E-state index < -0.39 is 0 Å². The van der Waals surface area contributed by atoms with Gasteiger partial charge < -0.3 is 14.7 Å². The standard InChI is InChI=1S/C21H22BrN3O2/c1-24-10-8-21(9-11-24)25-19(17-12-15(22)4-7-20(17)27-21)13-18(23-25)14-2-5-16(26)6-3-14/h2-7,12,19,26H,8-11,13H2,1H3/t19-/m1/s1. The Hall–Kier alpha value is -2.05. The van der Waals surface area contributed by atoms with Gasteiger partial charge in [-0.1, -0.05) is 15.9 Å². The predicted molar refractivity (Wildman–Crippen MR) is 108 cm³/mol. The molecule has 1 N–H and O–H groups in total. The average molecular weight is 428 g/mol. The number of nitrogens with zero attached hydrogens (tertiary/aromatic N) is 3. The molecule has 1 spiro atoms. The zero-order chi connectivity index (χ0) is 18.6. The van der Waals surface area contributed by atoms with Crippen LogP contribution in [0.3, 0.4) is 0 Å². The number of piperidine rings is 1. The number of likely N-dealkylation sites (tertiary alicyclic amines) is 1. The molecule has 3 heterocycles. The van der Waals surface area contributed by atoms with Gasteiger partial charge in [-0.15, -0.1) is 0 Å². The summed E-state index contributed by atoms with van der Waals surface area (Å²) in [5.74, 6) is 1.26. The second-order valence-electron chi connectivity index (χ2n) is 7.69. The van der Waals surface area contributed by atoms with Crippen molar-refractivity contribution in [2.24, 2.45) is 5.10 Å². The van der Waals surface area contributed by atoms with Crippen LogP contribution in [0.15, 0.2) is 52.0 Å². The molecule has 0 aliphatic carbocycles. The monoisotopic (exact) mass is 427 g/mol. The molecule has 1 atom stereocenters. The van der Waals surface area contributed by atoms with Crippen LogP contribution in [0.25, 0.3) is 0 Å². The van der Waals surface area contributed by atoms with Gasteiger partial charge in [-0.25, -0.2) is 5.01 Å². The first kappa shape index (κ1) is 17.1. The number of rotatable bonds is 1. The number of ether oxygens (including phenoxy) is 1. The number of phenols is 1. The third kappa shape index (κ3) is 2.82. The Morgan fingerprint density at radius 2 is 1.89 bits per heavy atom. The Morgan fingerprint density at radius 1 is 1.15 bits per heavy atom. The largest absolute Gasteiger partial charge is 0.508 e. The molecule has 2 aromatic rings. The van der Waals surface area contributed by atoms with Crippen LogP contribution in [-0.4, -0.2) is 46.6 Å². The van der Waals surface area contributed by atoms with Crippen LogP contribution in [0.2, 0.25) is 0 Å². The van der Waals surface area contributed by atoms with Gasteiger partial charge in [0.15, 0.2) is 0 Å². The molecule has 0 aromatic heterocycles. The zero-order valence-electron chi connectivity index (χ0n) is 15.2. The third-order valence-corrected chi connectivity index (χ3v) is 6.42. The van der Waals surface area contributed by atoms with E-state index in [0.717, 1.165) is 53.8 Å². The summed E-state index contributed by atoms with van der Waals surface area (Å²) in [7, 11) is 2.16. The van der Waals surface area contributed by atoms with Crippen LogP contribution >= 0.6 is 15.9 Å². The molecule has 3 aliphatic rings. The second-order valence-corrected chi connectivity index (χ2v) is 8.61. The summed E-state index contributed by atoms with van der Waals surface area (Å²) in [5.41, 5.74) is 2.92. The highest BCUT2D eigenvalue weighted by molar-refractivity contribution is 9.10. The number of phenolic OH excluding ortho intramolecular Hbond substituents is 1. The van der Waals surface area contributed by atoms with E-state index in [1.165, 1.54) is 5.56 Å². The topological polar surface area (TPSA) is 48.3 Å². The van der Waals surface area contributed by atoms with E-state index in [1.807, 2.05) is 18.2 Å². The van der Waals surface area contributed by atoms with E-state index in [2.05, 4.69) is 45.0 Å². The summed E-state index contributed by atoms with van der Waals surface area (Å²) in [4.78, 5) is 2.35. The lowest BCUT2D eigenvalue weighted by Crippen LogP contribution is -2.58. The Kier molecular flexibility index (Phi) is 3.95. The lowest BCUT2D eigenvalue weighted by Gasteiger charge is -2.50. The molecule has 0 unspecified atom stereocenters. The number of halogens is 1. The minimum atomic E-state index is -0.378. The van der Waals surface area contributed by atoms with Gasteiger partial charge in [-0.3, -0.25) is 0 Å². The van der Waals surface area contributed by atoms with Crippen LogP contribution in [0, 0.1) is 0 Å². The molecule has 5 nitrogen and oxygen atoms in total. The number of hydrogen-bond donors (Lipinski definition) is 1. The van der Waals surface area contributed by atoms with Crippen molar-refractivity contribution in [2.75, 3.05) is 20.1 Å². The molecule has 6 heteroatoms. The first-order valence-corrected chi connectivity index (χ1v) is 10.2. The maximum Gasteiger partial charge on any atom is 0.200 e. The highest BCUT2D eigenvalue weighted by Crippen LogP contribution is 2.50. The van der Waals surface area contributed by atoms with Crippen LogP contribution < -0.4 is 4.74 Å². The molecule has 3 aliphatic heterocycles. The summed E-state index contributed by atoms with van der Waals surface area (Å²) >= 11 is 3.60. The van der Waals surface area contributed by atoms with Gasteiger partial charge in [0.2, 0.25) is 5.72 Å². The molecule has 1 fully saturated rings. The summed E-state index contributed by atoms with van der Waals surface area (Å²) in [6, 6.07) is 13.8. The average Bonchev–Trinajstić information content (AvgIpc) is 3.12. The number of aromatic hydroxyl groups is 1. The van der Waals surface area contributed by atoms with E-state index in [0.29, 0.717) is 0 Å². The maximum atomic E-state index is 9.61. The van der Waals surface area contributed by atoms with Crippen molar-refractivity contribution < 1.29 is 9.84 Å². The molecule has 1 saturated heterocycles. The van der Waals surface area contributed by atoms with Gasteiger partial charge in [-0.2, -0.15) is 5.10 Å². The van der Waals surface area contributed by atoms with E-state index >= 15 is 0 Å². The summed E-state index contributed by atoms with van der Waals surface area (Å²) in [5, 5.41) is 16.9. The molecular weight excluding hydrogens is 406 g/mol. The smallest absolute Gasteiger partial charge is 0.200 e. The highest BCUT2D eigenvalue weighted by atomic mass is 79.9. The Morgan fingerprint density at radius 3 is 2.63 bits per heavy atom. The summed E-state index contributed by atoms with van der Waals surface area (Å²) in [6.07, 6.45) is 2.71. The van der Waals surface area contributed by atoms with Gasteiger partial charge in [0, 0.05) is 42.4 Å². The minimum absolute atomic E-state index is 0.179. The minimum Gasteiger partial charge on any atom is -0.508 e. The Labute approximate surface area is 167 Å². The van der Waals surface area contributed by atoms with Gasteiger partial charge in [0.05, 0.1) is 11.8 Å². The maximum absolute atomic E-state index is 9.61. The lowest BCUT2D eigenvalue weighted by atomic mass is 9.91. The second kappa shape index (κ2) is 6.24. The van der Waals surface area contributed by atoms with E-state index in [-0.39, 0.29) is 17.5 Å².